The number of amides is 2. The molecule has 30 heavy (non-hydrogen) atoms. The van der Waals surface area contributed by atoms with Crippen molar-refractivity contribution in [3.8, 4) is 0 Å². The van der Waals surface area contributed by atoms with Crippen LogP contribution in [0, 0.1) is 5.92 Å². The van der Waals surface area contributed by atoms with Gasteiger partial charge in [0, 0.05) is 37.7 Å². The molecule has 0 spiro atoms. The molecule has 2 bridgehead atoms. The lowest BCUT2D eigenvalue weighted by Crippen LogP contribution is -2.53. The van der Waals surface area contributed by atoms with Crippen molar-refractivity contribution in [2.45, 2.75) is 70.4 Å². The Bertz CT molecular complexity index is 952. The van der Waals surface area contributed by atoms with Crippen molar-refractivity contribution in [3.63, 3.8) is 0 Å². The van der Waals surface area contributed by atoms with Gasteiger partial charge in [-0.25, -0.2) is 13.2 Å². The zero-order chi connectivity index (χ0) is 21.3. The molecule has 3 aliphatic rings. The number of hydrogen-bond acceptors (Lipinski definition) is 4. The number of carbonyl (C=O) groups excluding carboxylic acids is 1. The summed E-state index contributed by atoms with van der Waals surface area (Å²) in [6, 6.07) is 3.22. The van der Waals surface area contributed by atoms with Crippen LogP contribution in [0.2, 0.25) is 0 Å². The van der Waals surface area contributed by atoms with E-state index >= 15 is 0 Å². The van der Waals surface area contributed by atoms with E-state index in [4.69, 9.17) is 0 Å². The maximum absolute atomic E-state index is 12.9. The number of rotatable bonds is 5. The van der Waals surface area contributed by atoms with Gasteiger partial charge in [0.05, 0.1) is 17.1 Å². The predicted molar refractivity (Wildman–Crippen MR) is 116 cm³/mol. The molecule has 8 nitrogen and oxygen atoms in total. The molecule has 0 aromatic carbocycles. The molecule has 2 amide bonds. The molecular formula is C21H32N4O4S. The summed E-state index contributed by atoms with van der Waals surface area (Å²) < 4.78 is 29.1. The lowest BCUT2D eigenvalue weighted by Gasteiger charge is -2.43. The van der Waals surface area contributed by atoms with Gasteiger partial charge in [-0.1, -0.05) is 26.2 Å². The maximum atomic E-state index is 12.9. The SMILES string of the molecule is CCCS(=O)(=O)Nc1ccc(=O)n2c1C1CC(CN(C(=O)NC3CCCCC3)C1)C2. The van der Waals surface area contributed by atoms with Crippen LogP contribution in [0.15, 0.2) is 16.9 Å². The normalized spacial score (nSPS) is 24.2. The summed E-state index contributed by atoms with van der Waals surface area (Å²) in [7, 11) is -3.47. The van der Waals surface area contributed by atoms with E-state index in [1.165, 1.54) is 12.5 Å². The summed E-state index contributed by atoms with van der Waals surface area (Å²) in [6.45, 7) is 3.47. The fourth-order valence-corrected chi connectivity index (χ4v) is 6.41. The third-order valence-electron chi connectivity index (χ3n) is 6.55. The van der Waals surface area contributed by atoms with Crippen LogP contribution in [0.5, 0.6) is 0 Å². The molecule has 4 rings (SSSR count). The van der Waals surface area contributed by atoms with Gasteiger partial charge in [0.2, 0.25) is 10.0 Å². The average Bonchev–Trinajstić information content (AvgIpc) is 2.70. The number of nitrogens with zero attached hydrogens (tertiary/aromatic N) is 2. The lowest BCUT2D eigenvalue weighted by molar-refractivity contribution is 0.128. The number of likely N-dealkylation sites (tertiary alicyclic amines) is 1. The number of aromatic nitrogens is 1. The molecule has 2 unspecified atom stereocenters. The predicted octanol–water partition coefficient (Wildman–Crippen LogP) is 2.46. The molecule has 1 saturated heterocycles. The van der Waals surface area contributed by atoms with Gasteiger partial charge in [0.15, 0.2) is 0 Å². The van der Waals surface area contributed by atoms with Crippen molar-refractivity contribution < 1.29 is 13.2 Å². The minimum Gasteiger partial charge on any atom is -0.335 e. The smallest absolute Gasteiger partial charge is 0.317 e. The van der Waals surface area contributed by atoms with Crippen LogP contribution in [0.25, 0.3) is 0 Å². The maximum Gasteiger partial charge on any atom is 0.317 e. The lowest BCUT2D eigenvalue weighted by atomic mass is 9.82. The van der Waals surface area contributed by atoms with E-state index in [1.807, 2.05) is 11.8 Å². The van der Waals surface area contributed by atoms with E-state index in [9.17, 15) is 18.0 Å². The number of fused-ring (bicyclic) bond motifs is 4. The van der Waals surface area contributed by atoms with E-state index in [0.29, 0.717) is 37.4 Å². The zero-order valence-corrected chi connectivity index (χ0v) is 18.4. The minimum absolute atomic E-state index is 0.0311. The van der Waals surface area contributed by atoms with E-state index in [0.717, 1.165) is 32.1 Å². The molecule has 166 valence electrons. The first kappa shape index (κ1) is 21.2. The fraction of sp³-hybridized carbons (Fsp3) is 0.714. The van der Waals surface area contributed by atoms with Crippen LogP contribution in [0.4, 0.5) is 10.5 Å². The largest absolute Gasteiger partial charge is 0.335 e. The quantitative estimate of drug-likeness (QED) is 0.740. The number of anilines is 1. The Balaban J connectivity index is 1.56. The minimum atomic E-state index is -3.47. The van der Waals surface area contributed by atoms with E-state index in [2.05, 4.69) is 10.0 Å². The van der Waals surface area contributed by atoms with Crippen LogP contribution < -0.4 is 15.6 Å². The number of urea groups is 1. The Hall–Kier alpha value is -2.03. The summed E-state index contributed by atoms with van der Waals surface area (Å²) in [5.41, 5.74) is 1.08. The second-order valence-corrected chi connectivity index (χ2v) is 10.8. The van der Waals surface area contributed by atoms with Gasteiger partial charge in [-0.05, 0) is 37.7 Å². The number of carbonyl (C=O) groups is 1. The second-order valence-electron chi connectivity index (χ2n) is 8.99. The van der Waals surface area contributed by atoms with Crippen molar-refractivity contribution in [3.05, 3.63) is 28.2 Å². The van der Waals surface area contributed by atoms with Crippen LogP contribution in [-0.2, 0) is 16.6 Å². The van der Waals surface area contributed by atoms with Gasteiger partial charge in [-0.15, -0.1) is 0 Å². The van der Waals surface area contributed by atoms with Gasteiger partial charge in [-0.2, -0.15) is 0 Å². The van der Waals surface area contributed by atoms with Gasteiger partial charge in [-0.3, -0.25) is 9.52 Å². The highest BCUT2D eigenvalue weighted by Crippen LogP contribution is 2.38. The third kappa shape index (κ3) is 4.50. The highest BCUT2D eigenvalue weighted by atomic mass is 32.2. The van der Waals surface area contributed by atoms with Gasteiger partial charge >= 0.3 is 6.03 Å². The van der Waals surface area contributed by atoms with Gasteiger partial charge < -0.3 is 14.8 Å². The summed E-state index contributed by atoms with van der Waals surface area (Å²) in [6.07, 6.45) is 7.01. The molecule has 1 aromatic rings. The number of piperidine rings is 1. The molecule has 0 radical (unpaired) electrons. The van der Waals surface area contributed by atoms with Crippen molar-refractivity contribution in [2.24, 2.45) is 5.92 Å². The summed E-state index contributed by atoms with van der Waals surface area (Å²) in [5, 5.41) is 3.19. The Morgan fingerprint density at radius 2 is 1.90 bits per heavy atom. The Morgan fingerprint density at radius 1 is 1.13 bits per heavy atom. The molecule has 1 saturated carbocycles. The van der Waals surface area contributed by atoms with Crippen LogP contribution in [0.1, 0.15) is 63.5 Å². The topological polar surface area (TPSA) is 101 Å². The second kappa shape index (κ2) is 8.61. The van der Waals surface area contributed by atoms with Crippen molar-refractivity contribution in [1.82, 2.24) is 14.8 Å². The zero-order valence-electron chi connectivity index (χ0n) is 17.6. The first-order valence-corrected chi connectivity index (χ1v) is 12.8. The molecule has 2 aliphatic heterocycles. The molecule has 2 fully saturated rings. The monoisotopic (exact) mass is 436 g/mol. The van der Waals surface area contributed by atoms with Crippen molar-refractivity contribution in [1.29, 1.82) is 0 Å². The van der Waals surface area contributed by atoms with Crippen LogP contribution in [0.3, 0.4) is 0 Å². The van der Waals surface area contributed by atoms with Gasteiger partial charge in [0.1, 0.15) is 0 Å². The number of pyridine rings is 1. The first-order valence-electron chi connectivity index (χ1n) is 11.2. The summed E-state index contributed by atoms with van der Waals surface area (Å²) in [5.74, 6) is 0.186. The molecule has 3 heterocycles. The van der Waals surface area contributed by atoms with Gasteiger partial charge in [0.25, 0.3) is 5.56 Å². The van der Waals surface area contributed by atoms with E-state index in [1.54, 1.807) is 10.6 Å². The Labute approximate surface area is 178 Å². The highest BCUT2D eigenvalue weighted by Gasteiger charge is 2.38. The number of hydrogen-bond donors (Lipinski definition) is 2. The molecule has 1 aromatic heterocycles. The number of sulfonamides is 1. The van der Waals surface area contributed by atoms with Crippen LogP contribution >= 0.6 is 0 Å². The Morgan fingerprint density at radius 3 is 2.63 bits per heavy atom. The third-order valence-corrected chi connectivity index (χ3v) is 8.02. The molecular weight excluding hydrogens is 404 g/mol. The average molecular weight is 437 g/mol. The first-order chi connectivity index (χ1) is 14.4. The summed E-state index contributed by atoms with van der Waals surface area (Å²) in [4.78, 5) is 27.3. The summed E-state index contributed by atoms with van der Waals surface area (Å²) >= 11 is 0. The van der Waals surface area contributed by atoms with Crippen molar-refractivity contribution in [2.75, 3.05) is 23.6 Å². The molecule has 1 aliphatic carbocycles. The van der Waals surface area contributed by atoms with Crippen molar-refractivity contribution >= 4 is 21.7 Å². The molecule has 9 heteroatoms. The number of nitrogens with one attached hydrogen (secondary N) is 2. The Kier molecular flexibility index (Phi) is 6.09. The van der Waals surface area contributed by atoms with Crippen LogP contribution in [-0.4, -0.2) is 48.8 Å². The highest BCUT2D eigenvalue weighted by molar-refractivity contribution is 7.92. The van der Waals surface area contributed by atoms with E-state index in [-0.39, 0.29) is 35.2 Å². The van der Waals surface area contributed by atoms with E-state index < -0.39 is 10.0 Å². The standard InChI is InChI=1S/C21H32N4O4S/c1-2-10-30(28,29)23-18-8-9-19(26)25-13-15-11-16(20(18)25)14-24(12-15)21(27)22-17-6-4-3-5-7-17/h8-9,15-17,23H,2-7,10-14H2,1H3,(H,22,27). The molecule has 2 atom stereocenters. The fourth-order valence-electron chi connectivity index (χ4n) is 5.27. The molecule has 2 N–H and O–H groups in total.